The van der Waals surface area contributed by atoms with Gasteiger partial charge in [0.1, 0.15) is 11.5 Å². The zero-order valence-corrected chi connectivity index (χ0v) is 17.2. The zero-order chi connectivity index (χ0) is 20.0. The summed E-state index contributed by atoms with van der Waals surface area (Å²) in [6.07, 6.45) is 1.79. The molecule has 1 aliphatic carbocycles. The van der Waals surface area contributed by atoms with Crippen LogP contribution in [-0.4, -0.2) is 42.3 Å². The van der Waals surface area contributed by atoms with E-state index in [9.17, 15) is 13.2 Å². The molecule has 2 unspecified atom stereocenters. The number of sulfone groups is 1. The third kappa shape index (κ3) is 3.91. The normalized spacial score (nSPS) is 26.5. The number of benzene rings is 2. The average molecular weight is 429 g/mol. The van der Waals surface area contributed by atoms with Gasteiger partial charge in [-0.15, -0.1) is 0 Å². The Morgan fingerprint density at radius 2 is 1.69 bits per heavy atom. The van der Waals surface area contributed by atoms with E-state index < -0.39 is 9.84 Å². The molecule has 3 fully saturated rings. The molecule has 2 aliphatic heterocycles. The van der Waals surface area contributed by atoms with Gasteiger partial charge in [-0.3, -0.25) is 4.79 Å². The Bertz CT molecular complexity index is 1060. The number of para-hydroxylation sites is 1. The minimum atomic E-state index is -3.08. The van der Waals surface area contributed by atoms with Gasteiger partial charge in [0.2, 0.25) is 0 Å². The van der Waals surface area contributed by atoms with Gasteiger partial charge in [0, 0.05) is 16.9 Å². The summed E-state index contributed by atoms with van der Waals surface area (Å²) in [5.41, 5.74) is 0.824. The quantitative estimate of drug-likeness (QED) is 0.742. The summed E-state index contributed by atoms with van der Waals surface area (Å²) in [6.45, 7) is 0. The van der Waals surface area contributed by atoms with Crippen molar-refractivity contribution in [3.05, 3.63) is 54.6 Å². The Hall–Kier alpha value is -2.32. The Morgan fingerprint density at radius 1 is 1.00 bits per heavy atom. The summed E-state index contributed by atoms with van der Waals surface area (Å²) < 4.78 is 30.2. The molecule has 1 amide bonds. The van der Waals surface area contributed by atoms with Crippen LogP contribution in [0.4, 0.5) is 5.69 Å². The second kappa shape index (κ2) is 7.18. The molecular weight excluding hydrogens is 408 g/mol. The third-order valence-corrected chi connectivity index (χ3v) is 8.50. The summed E-state index contributed by atoms with van der Waals surface area (Å²) in [6, 6.07) is 16.8. The van der Waals surface area contributed by atoms with E-state index >= 15 is 0 Å². The van der Waals surface area contributed by atoms with Crippen molar-refractivity contribution in [1.82, 2.24) is 0 Å². The van der Waals surface area contributed by atoms with Gasteiger partial charge >= 0.3 is 0 Å². The standard InChI is InChI=1S/C21H20N2O4S2/c24-20(14-6-7-14)22-21-23(18-12-29(25,26)13-19(18)28-21)15-8-10-17(11-9-15)27-16-4-2-1-3-5-16/h1-5,8-11,14,18-19H,6-7,12-13H2. The maximum atomic E-state index is 12.3. The Balaban J connectivity index is 1.43. The van der Waals surface area contributed by atoms with E-state index in [1.54, 1.807) is 0 Å². The number of amidine groups is 1. The molecule has 150 valence electrons. The maximum Gasteiger partial charge on any atom is 0.251 e. The second-order valence-corrected chi connectivity index (χ2v) is 10.9. The molecule has 0 bridgehead atoms. The van der Waals surface area contributed by atoms with E-state index in [0.717, 1.165) is 24.3 Å². The highest BCUT2D eigenvalue weighted by atomic mass is 32.2. The molecular formula is C21H20N2O4S2. The molecule has 29 heavy (non-hydrogen) atoms. The fraction of sp³-hybridized carbons (Fsp3) is 0.333. The lowest BCUT2D eigenvalue weighted by Crippen LogP contribution is -2.37. The van der Waals surface area contributed by atoms with Crippen LogP contribution in [0, 0.1) is 5.92 Å². The van der Waals surface area contributed by atoms with Gasteiger partial charge in [0.15, 0.2) is 15.0 Å². The molecule has 1 saturated carbocycles. The van der Waals surface area contributed by atoms with E-state index in [-0.39, 0.29) is 34.6 Å². The molecule has 0 spiro atoms. The number of amides is 1. The van der Waals surface area contributed by atoms with Gasteiger partial charge in [-0.25, -0.2) is 8.42 Å². The van der Waals surface area contributed by atoms with Crippen LogP contribution in [0.1, 0.15) is 12.8 Å². The third-order valence-electron chi connectivity index (χ3n) is 5.29. The smallest absolute Gasteiger partial charge is 0.251 e. The van der Waals surface area contributed by atoms with Crippen LogP contribution in [-0.2, 0) is 14.6 Å². The molecule has 5 rings (SSSR count). The number of rotatable bonds is 4. The van der Waals surface area contributed by atoms with Gasteiger partial charge < -0.3 is 9.64 Å². The Labute approximate surface area is 173 Å². The van der Waals surface area contributed by atoms with Crippen molar-refractivity contribution in [1.29, 1.82) is 0 Å². The van der Waals surface area contributed by atoms with Crippen LogP contribution in [0.5, 0.6) is 11.5 Å². The molecule has 2 aromatic rings. The van der Waals surface area contributed by atoms with Crippen LogP contribution in [0.3, 0.4) is 0 Å². The topological polar surface area (TPSA) is 76.0 Å². The molecule has 0 aromatic heterocycles. The first-order chi connectivity index (χ1) is 14.0. The predicted octanol–water partition coefficient (Wildman–Crippen LogP) is 3.49. The fourth-order valence-electron chi connectivity index (χ4n) is 3.68. The van der Waals surface area contributed by atoms with Crippen molar-refractivity contribution in [3.8, 4) is 11.5 Å². The van der Waals surface area contributed by atoms with Gasteiger partial charge in [-0.05, 0) is 49.2 Å². The lowest BCUT2D eigenvalue weighted by atomic mass is 10.2. The van der Waals surface area contributed by atoms with Crippen LogP contribution >= 0.6 is 11.8 Å². The number of hydrogen-bond donors (Lipinski definition) is 0. The molecule has 8 heteroatoms. The summed E-state index contributed by atoms with van der Waals surface area (Å²) in [5, 5.41) is 0.523. The summed E-state index contributed by atoms with van der Waals surface area (Å²) in [4.78, 5) is 18.6. The Kier molecular flexibility index (Phi) is 4.63. The predicted molar refractivity (Wildman–Crippen MR) is 114 cm³/mol. The van der Waals surface area contributed by atoms with Gasteiger partial charge in [0.25, 0.3) is 5.91 Å². The monoisotopic (exact) mass is 428 g/mol. The molecule has 3 aliphatic rings. The number of nitrogens with zero attached hydrogens (tertiary/aromatic N) is 2. The van der Waals surface area contributed by atoms with Crippen molar-refractivity contribution < 1.29 is 17.9 Å². The average Bonchev–Trinajstić information content (AvgIpc) is 3.44. The molecule has 2 saturated heterocycles. The lowest BCUT2D eigenvalue weighted by molar-refractivity contribution is -0.118. The van der Waals surface area contributed by atoms with Gasteiger partial charge in [-0.1, -0.05) is 30.0 Å². The van der Waals surface area contributed by atoms with Crippen molar-refractivity contribution in [3.63, 3.8) is 0 Å². The SMILES string of the molecule is O=C(N=C1SC2CS(=O)(=O)CC2N1c1ccc(Oc2ccccc2)cc1)C1CC1. The van der Waals surface area contributed by atoms with Crippen molar-refractivity contribution in [2.75, 3.05) is 16.4 Å². The number of carbonyl (C=O) groups is 1. The van der Waals surface area contributed by atoms with E-state index in [1.807, 2.05) is 59.5 Å². The molecule has 6 nitrogen and oxygen atoms in total. The van der Waals surface area contributed by atoms with Crippen molar-refractivity contribution >= 4 is 38.4 Å². The minimum absolute atomic E-state index is 0.0378. The number of aliphatic imine (C=N–C) groups is 1. The molecule has 2 heterocycles. The number of thioether (sulfide) groups is 1. The Morgan fingerprint density at radius 3 is 2.38 bits per heavy atom. The van der Waals surface area contributed by atoms with E-state index in [1.165, 1.54) is 11.8 Å². The summed E-state index contributed by atoms with van der Waals surface area (Å²) in [7, 11) is -3.08. The second-order valence-electron chi connectivity index (χ2n) is 7.59. The van der Waals surface area contributed by atoms with Crippen molar-refractivity contribution in [2.45, 2.75) is 24.1 Å². The molecule has 2 atom stereocenters. The van der Waals surface area contributed by atoms with Crippen LogP contribution in [0.2, 0.25) is 0 Å². The molecule has 2 aromatic carbocycles. The number of carbonyl (C=O) groups excluding carboxylic acids is 1. The first-order valence-corrected chi connectivity index (χ1v) is 12.3. The fourth-order valence-corrected chi connectivity index (χ4v) is 7.60. The largest absolute Gasteiger partial charge is 0.457 e. The van der Waals surface area contributed by atoms with Gasteiger partial charge in [0.05, 0.1) is 17.5 Å². The highest BCUT2D eigenvalue weighted by molar-refractivity contribution is 8.16. The van der Waals surface area contributed by atoms with Crippen LogP contribution in [0.15, 0.2) is 59.6 Å². The minimum Gasteiger partial charge on any atom is -0.457 e. The van der Waals surface area contributed by atoms with E-state index in [2.05, 4.69) is 4.99 Å². The number of ether oxygens (including phenoxy) is 1. The van der Waals surface area contributed by atoms with E-state index in [4.69, 9.17) is 4.74 Å². The highest BCUT2D eigenvalue weighted by Crippen LogP contribution is 2.42. The highest BCUT2D eigenvalue weighted by Gasteiger charge is 2.49. The first kappa shape index (κ1) is 18.7. The summed E-state index contributed by atoms with van der Waals surface area (Å²) in [5.74, 6) is 1.60. The number of fused-ring (bicyclic) bond motifs is 1. The van der Waals surface area contributed by atoms with Crippen LogP contribution < -0.4 is 9.64 Å². The van der Waals surface area contributed by atoms with E-state index in [0.29, 0.717) is 10.9 Å². The molecule has 0 radical (unpaired) electrons. The van der Waals surface area contributed by atoms with Crippen molar-refractivity contribution in [2.24, 2.45) is 10.9 Å². The maximum absolute atomic E-state index is 12.3. The van der Waals surface area contributed by atoms with Gasteiger partial charge in [-0.2, -0.15) is 4.99 Å². The first-order valence-electron chi connectivity index (χ1n) is 9.60. The lowest BCUT2D eigenvalue weighted by Gasteiger charge is -2.24. The van der Waals surface area contributed by atoms with Crippen LogP contribution in [0.25, 0.3) is 0 Å². The number of anilines is 1. The zero-order valence-electron chi connectivity index (χ0n) is 15.6. The molecule has 0 N–H and O–H groups in total. The number of hydrogen-bond acceptors (Lipinski definition) is 5. The summed E-state index contributed by atoms with van der Waals surface area (Å²) >= 11 is 1.41.